The lowest BCUT2D eigenvalue weighted by atomic mass is 10.2. The second-order valence-electron chi connectivity index (χ2n) is 4.18. The van der Waals surface area contributed by atoms with Gasteiger partial charge in [-0.15, -0.1) is 6.58 Å². The zero-order chi connectivity index (χ0) is 12.8. The van der Waals surface area contributed by atoms with Crippen molar-refractivity contribution < 1.29 is 14.7 Å². The number of carboxylic acids is 1. The third-order valence-electron chi connectivity index (χ3n) is 2.86. The van der Waals surface area contributed by atoms with Gasteiger partial charge >= 0.3 is 5.97 Å². The van der Waals surface area contributed by atoms with Crippen molar-refractivity contribution in [2.45, 2.75) is 37.5 Å². The van der Waals surface area contributed by atoms with Gasteiger partial charge in [0.05, 0.1) is 0 Å². The minimum absolute atomic E-state index is 0.147. The molecule has 4 nitrogen and oxygen atoms in total. The maximum Gasteiger partial charge on any atom is 0.326 e. The molecule has 2 atom stereocenters. The molecule has 0 bridgehead atoms. The number of carbonyl (C=O) groups excluding carboxylic acids is 1. The van der Waals surface area contributed by atoms with Gasteiger partial charge in [0.25, 0.3) is 0 Å². The molecule has 0 unspecified atom stereocenters. The van der Waals surface area contributed by atoms with Crippen LogP contribution in [0.2, 0.25) is 0 Å². The Morgan fingerprint density at radius 3 is 2.76 bits per heavy atom. The molecule has 0 aromatic heterocycles. The molecule has 1 heterocycles. The van der Waals surface area contributed by atoms with Gasteiger partial charge in [-0.2, -0.15) is 11.8 Å². The number of thioether (sulfide) groups is 1. The van der Waals surface area contributed by atoms with Gasteiger partial charge in [0, 0.05) is 18.7 Å². The molecular weight excluding hydrogens is 238 g/mol. The van der Waals surface area contributed by atoms with Crippen molar-refractivity contribution in [3.63, 3.8) is 0 Å². The van der Waals surface area contributed by atoms with E-state index in [1.807, 2.05) is 6.08 Å². The molecule has 1 aliphatic heterocycles. The first kappa shape index (κ1) is 14.1. The van der Waals surface area contributed by atoms with Gasteiger partial charge in [0.1, 0.15) is 6.04 Å². The van der Waals surface area contributed by atoms with E-state index in [-0.39, 0.29) is 11.2 Å². The van der Waals surface area contributed by atoms with Crippen molar-refractivity contribution in [2.24, 2.45) is 0 Å². The van der Waals surface area contributed by atoms with Gasteiger partial charge < -0.3 is 10.0 Å². The largest absolute Gasteiger partial charge is 0.480 e. The number of likely N-dealkylation sites (tertiary alicyclic amines) is 1. The Kier molecular flexibility index (Phi) is 5.55. The van der Waals surface area contributed by atoms with Crippen LogP contribution in [0.25, 0.3) is 0 Å². The van der Waals surface area contributed by atoms with Gasteiger partial charge in [-0.1, -0.05) is 6.08 Å². The van der Waals surface area contributed by atoms with Crippen LogP contribution in [-0.2, 0) is 9.59 Å². The molecule has 0 aromatic rings. The lowest BCUT2D eigenvalue weighted by Crippen LogP contribution is -2.39. The Morgan fingerprint density at radius 2 is 2.29 bits per heavy atom. The standard InChI is InChI=1S/C12H19NO3S/c1-3-4-5-6-17-10-7-11(12(15)16)13(8-10)9(2)14/h3,10-11H,1,4-8H2,2H3,(H,15,16)/t10-,11-/m0/s1. The normalized spacial score (nSPS) is 23.7. The molecule has 96 valence electrons. The van der Waals surface area contributed by atoms with Gasteiger partial charge in [-0.25, -0.2) is 4.79 Å². The Labute approximate surface area is 106 Å². The molecule has 1 aliphatic rings. The van der Waals surface area contributed by atoms with E-state index in [2.05, 4.69) is 6.58 Å². The summed E-state index contributed by atoms with van der Waals surface area (Å²) in [7, 11) is 0. The summed E-state index contributed by atoms with van der Waals surface area (Å²) in [6.45, 7) is 5.65. The van der Waals surface area contributed by atoms with Crippen molar-refractivity contribution in [1.82, 2.24) is 4.90 Å². The molecule has 1 saturated heterocycles. The van der Waals surface area contributed by atoms with Crippen LogP contribution in [0.1, 0.15) is 26.2 Å². The summed E-state index contributed by atoms with van der Waals surface area (Å²) in [5, 5.41) is 9.30. The minimum Gasteiger partial charge on any atom is -0.480 e. The quantitative estimate of drug-likeness (QED) is 0.582. The smallest absolute Gasteiger partial charge is 0.326 e. The van der Waals surface area contributed by atoms with Crippen molar-refractivity contribution in [3.8, 4) is 0 Å². The lowest BCUT2D eigenvalue weighted by Gasteiger charge is -2.18. The fourth-order valence-corrected chi connectivity index (χ4v) is 3.23. The molecule has 1 N–H and O–H groups in total. The second-order valence-corrected chi connectivity index (χ2v) is 5.59. The Bertz CT molecular complexity index is 284. The highest BCUT2D eigenvalue weighted by molar-refractivity contribution is 7.99. The number of amides is 1. The van der Waals surface area contributed by atoms with E-state index >= 15 is 0 Å². The van der Waals surface area contributed by atoms with Crippen molar-refractivity contribution in [2.75, 3.05) is 12.3 Å². The number of rotatable bonds is 6. The molecule has 0 aromatic carbocycles. The first-order chi connectivity index (χ1) is 8.06. The first-order valence-corrected chi connectivity index (χ1v) is 6.83. The molecule has 0 spiro atoms. The number of allylic oxidation sites excluding steroid dienone is 1. The number of unbranched alkanes of at least 4 members (excludes halogenated alkanes) is 1. The molecule has 0 saturated carbocycles. The fraction of sp³-hybridized carbons (Fsp3) is 0.667. The van der Waals surface area contributed by atoms with Gasteiger partial charge in [0.15, 0.2) is 0 Å². The van der Waals surface area contributed by atoms with Crippen LogP contribution in [-0.4, -0.2) is 45.5 Å². The average Bonchev–Trinajstić information content (AvgIpc) is 2.69. The van der Waals surface area contributed by atoms with E-state index in [0.29, 0.717) is 13.0 Å². The van der Waals surface area contributed by atoms with Crippen LogP contribution in [0.5, 0.6) is 0 Å². The van der Waals surface area contributed by atoms with Gasteiger partial charge in [-0.05, 0) is 25.0 Å². The molecule has 0 aliphatic carbocycles. The zero-order valence-corrected chi connectivity index (χ0v) is 10.9. The number of nitrogens with zero attached hydrogens (tertiary/aromatic N) is 1. The molecular formula is C12H19NO3S. The predicted octanol–water partition coefficient (Wildman–Crippen LogP) is 1.76. The molecule has 1 amide bonds. The SMILES string of the molecule is C=CCCCS[C@H]1C[C@@H](C(=O)O)N(C(C)=O)C1. The van der Waals surface area contributed by atoms with Crippen LogP contribution in [0.3, 0.4) is 0 Å². The number of carboxylic acid groups (broad SMARTS) is 1. The predicted molar refractivity (Wildman–Crippen MR) is 69.1 cm³/mol. The Balaban J connectivity index is 2.42. The highest BCUT2D eigenvalue weighted by atomic mass is 32.2. The second kappa shape index (κ2) is 6.69. The molecule has 5 heteroatoms. The molecule has 0 radical (unpaired) electrons. The third-order valence-corrected chi connectivity index (χ3v) is 4.20. The maximum absolute atomic E-state index is 11.3. The van der Waals surface area contributed by atoms with Gasteiger partial charge in [0.2, 0.25) is 5.91 Å². The molecule has 1 fully saturated rings. The summed E-state index contributed by atoms with van der Waals surface area (Å²) < 4.78 is 0. The minimum atomic E-state index is -0.894. The summed E-state index contributed by atoms with van der Waals surface area (Å²) in [4.78, 5) is 23.8. The number of hydrogen-bond acceptors (Lipinski definition) is 3. The van der Waals surface area contributed by atoms with Crippen LogP contribution in [0.4, 0.5) is 0 Å². The number of aliphatic carboxylic acids is 1. The summed E-state index contributed by atoms with van der Waals surface area (Å²) in [6.07, 6.45) is 4.49. The van der Waals surface area contributed by atoms with Gasteiger partial charge in [-0.3, -0.25) is 4.79 Å². The highest BCUT2D eigenvalue weighted by Gasteiger charge is 2.38. The fourth-order valence-electron chi connectivity index (χ4n) is 1.98. The van der Waals surface area contributed by atoms with Crippen molar-refractivity contribution >= 4 is 23.6 Å². The van der Waals surface area contributed by atoms with Crippen molar-refractivity contribution in [3.05, 3.63) is 12.7 Å². The Morgan fingerprint density at radius 1 is 1.59 bits per heavy atom. The highest BCUT2D eigenvalue weighted by Crippen LogP contribution is 2.28. The van der Waals surface area contributed by atoms with E-state index in [1.54, 1.807) is 11.8 Å². The summed E-state index contributed by atoms with van der Waals surface area (Å²) >= 11 is 1.76. The van der Waals surface area contributed by atoms with E-state index in [1.165, 1.54) is 11.8 Å². The summed E-state index contributed by atoms with van der Waals surface area (Å²) in [5.41, 5.74) is 0. The number of hydrogen-bond donors (Lipinski definition) is 1. The summed E-state index contributed by atoms with van der Waals surface area (Å²) in [6, 6.07) is -0.635. The monoisotopic (exact) mass is 257 g/mol. The zero-order valence-electron chi connectivity index (χ0n) is 10.1. The topological polar surface area (TPSA) is 57.6 Å². The van der Waals surface area contributed by atoms with E-state index in [9.17, 15) is 9.59 Å². The third kappa shape index (κ3) is 4.07. The number of carbonyl (C=O) groups is 2. The lowest BCUT2D eigenvalue weighted by molar-refractivity contribution is -0.147. The van der Waals surface area contributed by atoms with E-state index in [4.69, 9.17) is 5.11 Å². The average molecular weight is 257 g/mol. The molecule has 17 heavy (non-hydrogen) atoms. The Hall–Kier alpha value is -0.970. The first-order valence-electron chi connectivity index (χ1n) is 5.78. The maximum atomic E-state index is 11.3. The van der Waals surface area contributed by atoms with E-state index in [0.717, 1.165) is 18.6 Å². The van der Waals surface area contributed by atoms with Crippen LogP contribution < -0.4 is 0 Å². The van der Waals surface area contributed by atoms with Crippen molar-refractivity contribution in [1.29, 1.82) is 0 Å². The van der Waals surface area contributed by atoms with Crippen LogP contribution in [0.15, 0.2) is 12.7 Å². The van der Waals surface area contributed by atoms with E-state index < -0.39 is 12.0 Å². The van der Waals surface area contributed by atoms with Crippen LogP contribution in [0, 0.1) is 0 Å². The summed E-state index contributed by atoms with van der Waals surface area (Å²) in [5.74, 6) is -0.0459. The van der Waals surface area contributed by atoms with Crippen LogP contribution >= 0.6 is 11.8 Å². The molecule has 1 rings (SSSR count).